The third kappa shape index (κ3) is 2.55. The molecule has 21 heavy (non-hydrogen) atoms. The molecule has 1 aromatic carbocycles. The van der Waals surface area contributed by atoms with Crippen LogP contribution in [0.15, 0.2) is 22.6 Å². The second-order valence-corrected chi connectivity index (χ2v) is 4.70. The van der Waals surface area contributed by atoms with Gasteiger partial charge in [-0.2, -0.15) is 0 Å². The molecule has 0 aliphatic carbocycles. The van der Waals surface area contributed by atoms with Crippen molar-refractivity contribution in [3.05, 3.63) is 29.1 Å². The number of aryl methyl sites for hydroxylation is 1. The normalized spacial score (nSPS) is 10.8. The molecule has 0 saturated heterocycles. The molecule has 0 saturated carbocycles. The van der Waals surface area contributed by atoms with Gasteiger partial charge in [0, 0.05) is 24.3 Å². The number of carbonyl (C=O) groups is 1. The highest BCUT2D eigenvalue weighted by Crippen LogP contribution is 2.34. The van der Waals surface area contributed by atoms with Crippen molar-refractivity contribution in [2.45, 2.75) is 13.8 Å². The quantitative estimate of drug-likeness (QED) is 0.672. The van der Waals surface area contributed by atoms with Gasteiger partial charge in [-0.15, -0.1) is 20.4 Å². The van der Waals surface area contributed by atoms with Crippen molar-refractivity contribution in [2.75, 3.05) is 0 Å². The Hall–Kier alpha value is -2.54. The highest BCUT2D eigenvalue weighted by molar-refractivity contribution is 6.31. The minimum Gasteiger partial charge on any atom is -0.423 e. The molecule has 2 heterocycles. The fourth-order valence-corrected chi connectivity index (χ4v) is 2.01. The van der Waals surface area contributed by atoms with Gasteiger partial charge in [-0.05, 0) is 18.2 Å². The summed E-state index contributed by atoms with van der Waals surface area (Å²) in [6.45, 7) is 2.94. The summed E-state index contributed by atoms with van der Waals surface area (Å²) in [4.78, 5) is 11.4. The third-order valence-corrected chi connectivity index (χ3v) is 2.89. The summed E-state index contributed by atoms with van der Waals surface area (Å²) in [6.07, 6.45) is 0. The molecule has 0 spiro atoms. The van der Waals surface area contributed by atoms with Gasteiger partial charge in [0.25, 0.3) is 5.89 Å². The number of hydrogen-bond acceptors (Lipinski definition) is 7. The van der Waals surface area contributed by atoms with Gasteiger partial charge < -0.3 is 9.15 Å². The van der Waals surface area contributed by atoms with Crippen molar-refractivity contribution in [1.82, 2.24) is 20.4 Å². The van der Waals surface area contributed by atoms with Gasteiger partial charge in [-0.1, -0.05) is 11.6 Å². The highest BCUT2D eigenvalue weighted by atomic mass is 35.5. The standard InChI is InChI=1S/C13H9ClN4O3/c1-6-15-18-13(20-6)11-12(21-7(2)19)9-5-8(14)3-4-10(9)16-17-11/h3-5H,1-2H3. The predicted octanol–water partition coefficient (Wildman–Crippen LogP) is 2.57. The van der Waals surface area contributed by atoms with Crippen LogP contribution in [0.25, 0.3) is 22.5 Å². The van der Waals surface area contributed by atoms with E-state index in [9.17, 15) is 4.79 Å². The molecule has 0 amide bonds. The summed E-state index contributed by atoms with van der Waals surface area (Å²) in [7, 11) is 0. The van der Waals surface area contributed by atoms with Gasteiger partial charge in [-0.25, -0.2) is 0 Å². The summed E-state index contributed by atoms with van der Waals surface area (Å²) in [5.74, 6) is 0.185. The Kier molecular flexibility index (Phi) is 3.26. The lowest BCUT2D eigenvalue weighted by Crippen LogP contribution is -2.05. The number of hydrogen-bond donors (Lipinski definition) is 0. The summed E-state index contributed by atoms with van der Waals surface area (Å²) < 4.78 is 10.6. The second kappa shape index (κ2) is 5.10. The first kappa shape index (κ1) is 13.4. The van der Waals surface area contributed by atoms with Crippen LogP contribution in [0.1, 0.15) is 12.8 Å². The maximum Gasteiger partial charge on any atom is 0.308 e. The number of fused-ring (bicyclic) bond motifs is 1. The Labute approximate surface area is 123 Å². The van der Waals surface area contributed by atoms with Gasteiger partial charge in [0.1, 0.15) is 0 Å². The number of carbonyl (C=O) groups excluding carboxylic acids is 1. The van der Waals surface area contributed by atoms with Gasteiger partial charge in [0.2, 0.25) is 5.89 Å². The minimum atomic E-state index is -0.498. The largest absolute Gasteiger partial charge is 0.423 e. The van der Waals surface area contributed by atoms with Crippen LogP contribution in [0.5, 0.6) is 5.75 Å². The number of esters is 1. The average Bonchev–Trinajstić information content (AvgIpc) is 2.85. The number of rotatable bonds is 2. The van der Waals surface area contributed by atoms with Crippen LogP contribution in [0.4, 0.5) is 0 Å². The van der Waals surface area contributed by atoms with E-state index >= 15 is 0 Å². The molecule has 7 nitrogen and oxygen atoms in total. The lowest BCUT2D eigenvalue weighted by atomic mass is 10.2. The Morgan fingerprint density at radius 2 is 2.05 bits per heavy atom. The smallest absolute Gasteiger partial charge is 0.308 e. The minimum absolute atomic E-state index is 0.123. The summed E-state index contributed by atoms with van der Waals surface area (Å²) >= 11 is 5.99. The van der Waals surface area contributed by atoms with E-state index < -0.39 is 5.97 Å². The highest BCUT2D eigenvalue weighted by Gasteiger charge is 2.20. The predicted molar refractivity (Wildman–Crippen MR) is 73.9 cm³/mol. The van der Waals surface area contributed by atoms with Crippen molar-refractivity contribution in [1.29, 1.82) is 0 Å². The number of aromatic nitrogens is 4. The van der Waals surface area contributed by atoms with E-state index in [1.54, 1.807) is 25.1 Å². The topological polar surface area (TPSA) is 91.0 Å². The zero-order valence-electron chi connectivity index (χ0n) is 11.1. The van der Waals surface area contributed by atoms with E-state index in [2.05, 4.69) is 20.4 Å². The molecule has 3 aromatic rings. The summed E-state index contributed by atoms with van der Waals surface area (Å²) in [5, 5.41) is 16.7. The molecule has 106 valence electrons. The van der Waals surface area contributed by atoms with E-state index in [1.807, 2.05) is 0 Å². The van der Waals surface area contributed by atoms with Crippen molar-refractivity contribution in [3.8, 4) is 17.3 Å². The molecule has 0 aliphatic heterocycles. The van der Waals surface area contributed by atoms with Gasteiger partial charge in [0.05, 0.1) is 5.52 Å². The molecule has 3 rings (SSSR count). The first-order valence-electron chi connectivity index (χ1n) is 5.99. The first-order chi connectivity index (χ1) is 10.0. The zero-order valence-corrected chi connectivity index (χ0v) is 11.9. The molecular formula is C13H9ClN4O3. The number of ether oxygens (including phenoxy) is 1. The Morgan fingerprint density at radius 1 is 1.24 bits per heavy atom. The van der Waals surface area contributed by atoms with Crippen LogP contribution in [0.2, 0.25) is 5.02 Å². The first-order valence-corrected chi connectivity index (χ1v) is 6.37. The average molecular weight is 305 g/mol. The summed E-state index contributed by atoms with van der Waals surface area (Å²) in [5.41, 5.74) is 0.733. The zero-order chi connectivity index (χ0) is 15.0. The number of halogens is 1. The Balaban J connectivity index is 2.30. The van der Waals surface area contributed by atoms with Gasteiger partial charge >= 0.3 is 5.97 Å². The Bertz CT molecular complexity index is 847. The molecule has 0 fully saturated rings. The van der Waals surface area contributed by atoms with Crippen LogP contribution < -0.4 is 4.74 Å². The van der Waals surface area contributed by atoms with Crippen LogP contribution in [0.3, 0.4) is 0 Å². The SMILES string of the molecule is CC(=O)Oc1c(-c2nnc(C)o2)nnc2ccc(Cl)cc12. The van der Waals surface area contributed by atoms with Crippen LogP contribution in [0, 0.1) is 6.92 Å². The lowest BCUT2D eigenvalue weighted by Gasteiger charge is -2.08. The van der Waals surface area contributed by atoms with E-state index in [-0.39, 0.29) is 17.3 Å². The fraction of sp³-hybridized carbons (Fsp3) is 0.154. The number of nitrogens with zero attached hydrogens (tertiary/aromatic N) is 4. The van der Waals surface area contributed by atoms with Gasteiger partial charge in [0.15, 0.2) is 11.4 Å². The number of benzene rings is 1. The van der Waals surface area contributed by atoms with Crippen molar-refractivity contribution in [3.63, 3.8) is 0 Å². The van der Waals surface area contributed by atoms with E-state index in [4.69, 9.17) is 20.8 Å². The molecule has 0 bridgehead atoms. The van der Waals surface area contributed by atoms with Crippen LogP contribution >= 0.6 is 11.6 Å². The van der Waals surface area contributed by atoms with E-state index in [0.29, 0.717) is 21.8 Å². The second-order valence-electron chi connectivity index (χ2n) is 4.26. The molecule has 0 N–H and O–H groups in total. The monoisotopic (exact) mass is 304 g/mol. The third-order valence-electron chi connectivity index (χ3n) is 2.65. The van der Waals surface area contributed by atoms with Crippen LogP contribution in [-0.4, -0.2) is 26.4 Å². The molecule has 8 heteroatoms. The molecule has 2 aromatic heterocycles. The maximum absolute atomic E-state index is 11.4. The van der Waals surface area contributed by atoms with E-state index in [0.717, 1.165) is 0 Å². The lowest BCUT2D eigenvalue weighted by molar-refractivity contribution is -0.131. The van der Waals surface area contributed by atoms with Crippen molar-refractivity contribution in [2.24, 2.45) is 0 Å². The maximum atomic E-state index is 11.4. The Morgan fingerprint density at radius 3 is 2.71 bits per heavy atom. The molecule has 0 aliphatic rings. The van der Waals surface area contributed by atoms with Crippen LogP contribution in [-0.2, 0) is 4.79 Å². The summed E-state index contributed by atoms with van der Waals surface area (Å²) in [6, 6.07) is 4.99. The van der Waals surface area contributed by atoms with Crippen molar-refractivity contribution < 1.29 is 13.9 Å². The van der Waals surface area contributed by atoms with E-state index in [1.165, 1.54) is 6.92 Å². The van der Waals surface area contributed by atoms with Gasteiger partial charge in [-0.3, -0.25) is 4.79 Å². The molecular weight excluding hydrogens is 296 g/mol. The molecule has 0 atom stereocenters. The molecule has 0 radical (unpaired) electrons. The fourth-order valence-electron chi connectivity index (χ4n) is 1.83. The molecule has 0 unspecified atom stereocenters. The van der Waals surface area contributed by atoms with Crippen molar-refractivity contribution >= 4 is 28.5 Å².